The van der Waals surface area contributed by atoms with E-state index in [1.165, 1.54) is 77.0 Å². The molecule has 3 heteroatoms. The smallest absolute Gasteiger partial charge is 0.00875 e. The lowest BCUT2D eigenvalue weighted by Gasteiger charge is -2.02. The van der Waals surface area contributed by atoms with Crippen molar-refractivity contribution in [2.45, 2.75) is 84.0 Å². The molecule has 0 rings (SSSR count). The van der Waals surface area contributed by atoms with Gasteiger partial charge >= 0.3 is 0 Å². The van der Waals surface area contributed by atoms with E-state index in [4.69, 9.17) is 0 Å². The lowest BCUT2D eigenvalue weighted by molar-refractivity contribution is 0.505. The van der Waals surface area contributed by atoms with E-state index in [2.05, 4.69) is 27.4 Å². The zero-order chi connectivity index (χ0) is 15.5. The summed E-state index contributed by atoms with van der Waals surface area (Å²) in [6, 6.07) is 0. The number of nitrogens with zero attached hydrogens (tertiary/aromatic N) is 1. The third-order valence-corrected chi connectivity index (χ3v) is 3.52. The largest absolute Gasteiger partial charge is 0.312 e. The normalized spacial score (nSPS) is 10.5. The molecule has 0 aliphatic carbocycles. The highest BCUT2D eigenvalue weighted by molar-refractivity contribution is 9.08. The van der Waals surface area contributed by atoms with E-state index < -0.39 is 0 Å². The maximum atomic E-state index is 3.23. The molecule has 124 valence electrons. The van der Waals surface area contributed by atoms with Crippen molar-refractivity contribution in [3.05, 3.63) is 0 Å². The van der Waals surface area contributed by atoms with Crippen LogP contribution >= 0.6 is 16.1 Å². The molecule has 0 atom stereocenters. The first-order valence-electron chi connectivity index (χ1n) is 8.59. The molecule has 0 radical (unpaired) electrons. The van der Waals surface area contributed by atoms with Crippen LogP contribution in [0.1, 0.15) is 84.0 Å². The minimum Gasteiger partial charge on any atom is -0.312 e. The van der Waals surface area contributed by atoms with Crippen LogP contribution in [0.2, 0.25) is 0 Å². The highest BCUT2D eigenvalue weighted by atomic mass is 79.9. The van der Waals surface area contributed by atoms with Crippen molar-refractivity contribution in [2.24, 2.45) is 0 Å². The monoisotopic (exact) mass is 350 g/mol. The van der Waals surface area contributed by atoms with E-state index in [9.17, 15) is 0 Å². The van der Waals surface area contributed by atoms with Gasteiger partial charge in [-0.25, -0.2) is 0 Å². The van der Waals surface area contributed by atoms with Gasteiger partial charge in [-0.05, 0) is 27.6 Å². The molecule has 0 bridgehead atoms. The average molecular weight is 351 g/mol. The number of rotatable bonds is 13. The zero-order valence-electron chi connectivity index (χ0n) is 14.5. The summed E-state index contributed by atoms with van der Waals surface area (Å²) in [6.45, 7) is 3.39. The molecule has 0 amide bonds. The first kappa shape index (κ1) is 22.7. The van der Waals surface area contributed by atoms with E-state index in [1.54, 1.807) is 0 Å². The maximum Gasteiger partial charge on any atom is 0.00875 e. The van der Waals surface area contributed by atoms with Crippen LogP contribution in [0.3, 0.4) is 0 Å². The van der Waals surface area contributed by atoms with Gasteiger partial charge in [0.15, 0.2) is 0 Å². The highest BCUT2D eigenvalue weighted by Gasteiger charge is 1.92. The van der Waals surface area contributed by atoms with Crippen LogP contribution < -0.4 is 4.34 Å². The van der Waals surface area contributed by atoms with Crippen LogP contribution in [0, 0.1) is 0 Å². The Labute approximate surface area is 137 Å². The Morgan fingerprint density at radius 1 is 0.650 bits per heavy atom. The Balaban J connectivity index is 0. The lowest BCUT2D eigenvalue weighted by Crippen LogP contribution is -1.99. The average Bonchev–Trinajstić information content (AvgIpc) is 2.39. The zero-order valence-corrected chi connectivity index (χ0v) is 16.1. The number of nitrogens with one attached hydrogen (secondary N) is 1. The van der Waals surface area contributed by atoms with Gasteiger partial charge in [0.2, 0.25) is 0 Å². The summed E-state index contributed by atoms with van der Waals surface area (Å²) in [5.74, 6) is 0. The quantitative estimate of drug-likeness (QED) is 0.335. The van der Waals surface area contributed by atoms with Crippen molar-refractivity contribution >= 4 is 16.1 Å². The molecule has 20 heavy (non-hydrogen) atoms. The van der Waals surface area contributed by atoms with Gasteiger partial charge in [-0.2, -0.15) is 0 Å². The van der Waals surface area contributed by atoms with E-state index in [-0.39, 0.29) is 0 Å². The molecule has 0 spiro atoms. The SMILES string of the molecule is CCCCCCCCCCCCCCNBr.CN(C)C. The van der Waals surface area contributed by atoms with Crippen molar-refractivity contribution in [1.29, 1.82) is 0 Å². The van der Waals surface area contributed by atoms with Crippen LogP contribution in [0.15, 0.2) is 0 Å². The van der Waals surface area contributed by atoms with E-state index in [0.717, 1.165) is 6.54 Å². The molecule has 0 aromatic rings. The van der Waals surface area contributed by atoms with Crippen LogP contribution in [-0.2, 0) is 0 Å². The Morgan fingerprint density at radius 3 is 1.25 bits per heavy atom. The topological polar surface area (TPSA) is 15.3 Å². The second-order valence-corrected chi connectivity index (χ2v) is 6.68. The van der Waals surface area contributed by atoms with Gasteiger partial charge in [-0.3, -0.25) is 4.34 Å². The molecule has 0 heterocycles. The van der Waals surface area contributed by atoms with Crippen LogP contribution in [0.25, 0.3) is 0 Å². The number of halogens is 1. The van der Waals surface area contributed by atoms with Crippen molar-refractivity contribution in [3.63, 3.8) is 0 Å². The summed E-state index contributed by atoms with van der Waals surface area (Å²) in [4.78, 5) is 2.00. The first-order valence-corrected chi connectivity index (χ1v) is 9.38. The Kier molecular flexibility index (Phi) is 24.6. The van der Waals surface area contributed by atoms with Gasteiger partial charge in [-0.15, -0.1) is 0 Å². The lowest BCUT2D eigenvalue weighted by atomic mass is 10.1. The molecule has 0 aliphatic rings. The van der Waals surface area contributed by atoms with Crippen molar-refractivity contribution in [1.82, 2.24) is 9.24 Å². The molecule has 0 unspecified atom stereocenters. The molecular weight excluding hydrogens is 312 g/mol. The third kappa shape index (κ3) is 31.0. The fourth-order valence-electron chi connectivity index (χ4n) is 2.03. The number of hydrogen-bond donors (Lipinski definition) is 1. The van der Waals surface area contributed by atoms with Crippen molar-refractivity contribution < 1.29 is 0 Å². The summed E-state index contributed by atoms with van der Waals surface area (Å²) >= 11 is 3.23. The molecule has 0 fully saturated rings. The van der Waals surface area contributed by atoms with Gasteiger partial charge in [0.25, 0.3) is 0 Å². The van der Waals surface area contributed by atoms with Gasteiger partial charge < -0.3 is 4.90 Å². The highest BCUT2D eigenvalue weighted by Crippen LogP contribution is 2.11. The fraction of sp³-hybridized carbons (Fsp3) is 1.00. The molecule has 0 saturated heterocycles. The van der Waals surface area contributed by atoms with Crippen LogP contribution in [0.5, 0.6) is 0 Å². The standard InChI is InChI=1S/C14H30BrN.C3H9N/c1-2-3-4-5-6-7-8-9-10-11-12-13-14-16-15;1-4(2)3/h16H,2-14H2,1H3;1-3H3. The minimum absolute atomic E-state index is 1.11. The van der Waals surface area contributed by atoms with Gasteiger partial charge in [-0.1, -0.05) is 77.6 Å². The molecular formula is C17H39BrN2. The predicted molar refractivity (Wildman–Crippen MR) is 97.6 cm³/mol. The Morgan fingerprint density at radius 2 is 0.950 bits per heavy atom. The molecule has 1 N–H and O–H groups in total. The fourth-order valence-corrected chi connectivity index (χ4v) is 2.31. The molecule has 0 aliphatic heterocycles. The Bertz CT molecular complexity index is 135. The van der Waals surface area contributed by atoms with Crippen molar-refractivity contribution in [3.8, 4) is 0 Å². The van der Waals surface area contributed by atoms with Gasteiger partial charge in [0.05, 0.1) is 0 Å². The molecule has 0 aromatic heterocycles. The van der Waals surface area contributed by atoms with Crippen molar-refractivity contribution in [2.75, 3.05) is 27.7 Å². The molecule has 2 nitrogen and oxygen atoms in total. The van der Waals surface area contributed by atoms with Crippen LogP contribution in [-0.4, -0.2) is 32.6 Å². The number of unbranched alkanes of at least 4 members (excludes halogenated alkanes) is 11. The number of hydrogen-bond acceptors (Lipinski definition) is 2. The van der Waals surface area contributed by atoms with Gasteiger partial charge in [0.1, 0.15) is 0 Å². The first-order chi connectivity index (χ1) is 9.65. The minimum atomic E-state index is 1.11. The second-order valence-electron chi connectivity index (χ2n) is 6.11. The molecule has 0 aromatic carbocycles. The summed E-state index contributed by atoms with van der Waals surface area (Å²) < 4.78 is 3.02. The van der Waals surface area contributed by atoms with E-state index in [0.29, 0.717) is 0 Å². The van der Waals surface area contributed by atoms with E-state index in [1.807, 2.05) is 26.0 Å². The summed E-state index contributed by atoms with van der Waals surface area (Å²) in [6.07, 6.45) is 17.1. The van der Waals surface area contributed by atoms with Gasteiger partial charge in [0, 0.05) is 22.7 Å². The second kappa shape index (κ2) is 21.7. The predicted octanol–water partition coefficient (Wildman–Crippen LogP) is 5.76. The van der Waals surface area contributed by atoms with E-state index >= 15 is 0 Å². The van der Waals surface area contributed by atoms with Crippen LogP contribution in [0.4, 0.5) is 0 Å². The molecule has 0 saturated carbocycles. The maximum absolute atomic E-state index is 3.23. The summed E-state index contributed by atoms with van der Waals surface area (Å²) in [5, 5.41) is 0. The third-order valence-electron chi connectivity index (χ3n) is 3.12. The summed E-state index contributed by atoms with van der Waals surface area (Å²) in [5.41, 5.74) is 0. The summed E-state index contributed by atoms with van der Waals surface area (Å²) in [7, 11) is 6.00. The Hall–Kier alpha value is 0.400.